The molecule has 32 heavy (non-hydrogen) atoms. The largest absolute Gasteiger partial charge is 0.454 e. The Morgan fingerprint density at radius 2 is 1.84 bits per heavy atom. The first-order chi connectivity index (χ1) is 15.5. The van der Waals surface area contributed by atoms with E-state index in [0.717, 1.165) is 24.4 Å². The minimum absolute atomic E-state index is 0.224. The molecule has 0 N–H and O–H groups in total. The zero-order valence-corrected chi connectivity index (χ0v) is 18.1. The van der Waals surface area contributed by atoms with Crippen LogP contribution in [0, 0.1) is 13.8 Å². The fraction of sp³-hybridized carbons (Fsp3) is 0.200. The molecule has 1 aromatic carbocycles. The average Bonchev–Trinajstić information content (AvgIpc) is 3.45. The monoisotopic (exact) mass is 428 g/mol. The highest BCUT2D eigenvalue weighted by molar-refractivity contribution is 6.00. The van der Waals surface area contributed by atoms with Gasteiger partial charge in [-0.25, -0.2) is 14.5 Å². The number of ether oxygens (including phenoxy) is 1. The number of rotatable bonds is 8. The quantitative estimate of drug-likeness (QED) is 0.313. The van der Waals surface area contributed by atoms with Crippen molar-refractivity contribution < 1.29 is 14.3 Å². The molecule has 0 saturated carbocycles. The zero-order valence-electron chi connectivity index (χ0n) is 18.1. The van der Waals surface area contributed by atoms with Crippen LogP contribution < -0.4 is 0 Å². The molecule has 4 rings (SSSR count). The third-order valence-corrected chi connectivity index (χ3v) is 5.40. The summed E-state index contributed by atoms with van der Waals surface area (Å²) in [6.07, 6.45) is 5.70. The predicted octanol–water partition coefficient (Wildman–Crippen LogP) is 3.97. The van der Waals surface area contributed by atoms with E-state index in [-0.39, 0.29) is 18.0 Å². The lowest BCUT2D eigenvalue weighted by molar-refractivity contribution is 0.0474. The van der Waals surface area contributed by atoms with E-state index in [2.05, 4.69) is 26.8 Å². The molecule has 4 aromatic rings. The molecule has 0 spiro atoms. The molecule has 3 aromatic heterocycles. The number of hydrogen-bond acceptors (Lipinski definition) is 5. The molecule has 0 aliphatic heterocycles. The molecular weight excluding hydrogens is 404 g/mol. The van der Waals surface area contributed by atoms with Crippen LogP contribution in [0.1, 0.15) is 37.7 Å². The van der Waals surface area contributed by atoms with Gasteiger partial charge in [0, 0.05) is 42.1 Å². The van der Waals surface area contributed by atoms with E-state index in [9.17, 15) is 9.59 Å². The molecule has 0 unspecified atom stereocenters. The number of aromatic nitrogens is 4. The second-order valence-corrected chi connectivity index (χ2v) is 7.53. The van der Waals surface area contributed by atoms with Crippen molar-refractivity contribution >= 4 is 11.8 Å². The van der Waals surface area contributed by atoms with Gasteiger partial charge < -0.3 is 9.30 Å². The van der Waals surface area contributed by atoms with E-state index >= 15 is 0 Å². The predicted molar refractivity (Wildman–Crippen MR) is 120 cm³/mol. The molecule has 0 aliphatic rings. The third-order valence-electron chi connectivity index (χ3n) is 5.40. The fourth-order valence-corrected chi connectivity index (χ4v) is 3.65. The normalized spacial score (nSPS) is 10.8. The van der Waals surface area contributed by atoms with Gasteiger partial charge in [-0.3, -0.25) is 4.79 Å². The fourth-order valence-electron chi connectivity index (χ4n) is 3.65. The zero-order chi connectivity index (χ0) is 22.5. The van der Waals surface area contributed by atoms with Crippen molar-refractivity contribution in [2.75, 3.05) is 6.61 Å². The Kier molecular flexibility index (Phi) is 6.26. The number of carbonyl (C=O) groups excluding carboxylic acids is 2. The second-order valence-electron chi connectivity index (χ2n) is 7.53. The Labute approximate surface area is 186 Å². The Bertz CT molecular complexity index is 1210. The van der Waals surface area contributed by atoms with Gasteiger partial charge in [0.05, 0.1) is 5.56 Å². The molecule has 0 fully saturated rings. The van der Waals surface area contributed by atoms with Crippen molar-refractivity contribution in [2.45, 2.75) is 26.8 Å². The lowest BCUT2D eigenvalue weighted by atomic mass is 10.1. The van der Waals surface area contributed by atoms with Gasteiger partial charge in [-0.1, -0.05) is 30.3 Å². The van der Waals surface area contributed by atoms with Crippen LogP contribution in [-0.4, -0.2) is 37.7 Å². The van der Waals surface area contributed by atoms with E-state index in [1.165, 1.54) is 11.8 Å². The molecule has 0 amide bonds. The van der Waals surface area contributed by atoms with Gasteiger partial charge in [0.15, 0.2) is 12.4 Å². The van der Waals surface area contributed by atoms with Crippen LogP contribution in [0.15, 0.2) is 73.2 Å². The summed E-state index contributed by atoms with van der Waals surface area (Å²) in [4.78, 5) is 29.3. The maximum absolute atomic E-state index is 12.7. The third kappa shape index (κ3) is 4.67. The highest BCUT2D eigenvalue weighted by Gasteiger charge is 2.18. The maximum Gasteiger partial charge on any atom is 0.340 e. The van der Waals surface area contributed by atoms with Gasteiger partial charge >= 0.3 is 5.97 Å². The molecular formula is C25H24N4O3. The van der Waals surface area contributed by atoms with Crippen LogP contribution in [-0.2, 0) is 17.7 Å². The summed E-state index contributed by atoms with van der Waals surface area (Å²) in [5.74, 6) is -0.222. The summed E-state index contributed by atoms with van der Waals surface area (Å²) < 4.78 is 8.96. The highest BCUT2D eigenvalue weighted by Crippen LogP contribution is 2.17. The van der Waals surface area contributed by atoms with Gasteiger partial charge in [-0.05, 0) is 50.1 Å². The molecule has 0 aliphatic carbocycles. The number of aryl methyl sites for hydroxylation is 2. The van der Waals surface area contributed by atoms with Gasteiger partial charge in [0.1, 0.15) is 0 Å². The van der Waals surface area contributed by atoms with Crippen molar-refractivity contribution in [3.05, 3.63) is 101 Å². The molecule has 3 heterocycles. The molecule has 7 nitrogen and oxygen atoms in total. The minimum Gasteiger partial charge on any atom is -0.454 e. The number of Topliss-reactive ketones (excluding diaryl/α,β-unsaturated/α-hetero) is 1. The number of hydrogen-bond donors (Lipinski definition) is 0. The number of nitrogens with zero attached hydrogens (tertiary/aromatic N) is 4. The Morgan fingerprint density at radius 1 is 1.03 bits per heavy atom. The van der Waals surface area contributed by atoms with Crippen molar-refractivity contribution in [3.8, 4) is 5.82 Å². The molecule has 0 bridgehead atoms. The van der Waals surface area contributed by atoms with Crippen molar-refractivity contribution in [2.24, 2.45) is 0 Å². The summed E-state index contributed by atoms with van der Waals surface area (Å²) in [6, 6.07) is 17.1. The van der Waals surface area contributed by atoms with Crippen LogP contribution in [0.5, 0.6) is 0 Å². The first-order valence-electron chi connectivity index (χ1n) is 10.4. The Morgan fingerprint density at radius 3 is 2.53 bits per heavy atom. The molecule has 0 saturated heterocycles. The summed E-state index contributed by atoms with van der Waals surface area (Å²) in [6.45, 7) is 4.37. The van der Waals surface area contributed by atoms with Crippen molar-refractivity contribution in [1.29, 1.82) is 0 Å². The minimum atomic E-state index is -0.587. The van der Waals surface area contributed by atoms with Crippen LogP contribution in [0.25, 0.3) is 5.82 Å². The highest BCUT2D eigenvalue weighted by atomic mass is 16.5. The van der Waals surface area contributed by atoms with E-state index in [4.69, 9.17) is 4.74 Å². The number of carbonyl (C=O) groups is 2. The second kappa shape index (κ2) is 9.43. The van der Waals surface area contributed by atoms with E-state index in [1.807, 2.05) is 38.1 Å². The SMILES string of the molecule is Cc1cc(C(=O)COC(=O)c2ccc(-n3cccn3)nc2)c(C)n1CCc1ccccc1. The number of esters is 1. The summed E-state index contributed by atoms with van der Waals surface area (Å²) in [7, 11) is 0. The van der Waals surface area contributed by atoms with Gasteiger partial charge in [0.2, 0.25) is 5.78 Å². The van der Waals surface area contributed by atoms with Crippen molar-refractivity contribution in [1.82, 2.24) is 19.3 Å². The number of ketones is 1. The summed E-state index contributed by atoms with van der Waals surface area (Å²) >= 11 is 0. The molecule has 0 atom stereocenters. The van der Waals surface area contributed by atoms with Gasteiger partial charge in [-0.2, -0.15) is 5.10 Å². The van der Waals surface area contributed by atoms with Crippen molar-refractivity contribution in [3.63, 3.8) is 0 Å². The smallest absolute Gasteiger partial charge is 0.340 e. The Balaban J connectivity index is 1.37. The lowest BCUT2D eigenvalue weighted by Gasteiger charge is -2.10. The first-order valence-corrected chi connectivity index (χ1v) is 10.4. The van der Waals surface area contributed by atoms with Crippen LogP contribution >= 0.6 is 0 Å². The van der Waals surface area contributed by atoms with Gasteiger partial charge in [-0.15, -0.1) is 0 Å². The average molecular weight is 428 g/mol. The Hall–Kier alpha value is -4.00. The lowest BCUT2D eigenvalue weighted by Crippen LogP contribution is -2.15. The van der Waals surface area contributed by atoms with E-state index in [1.54, 1.807) is 35.3 Å². The number of benzene rings is 1. The molecule has 7 heteroatoms. The number of pyridine rings is 1. The van der Waals surface area contributed by atoms with E-state index < -0.39 is 5.97 Å². The molecule has 0 radical (unpaired) electrons. The van der Waals surface area contributed by atoms with Crippen LogP contribution in [0.3, 0.4) is 0 Å². The van der Waals surface area contributed by atoms with Crippen LogP contribution in [0.2, 0.25) is 0 Å². The summed E-state index contributed by atoms with van der Waals surface area (Å²) in [5, 5.41) is 4.09. The first kappa shape index (κ1) is 21.2. The topological polar surface area (TPSA) is 79.0 Å². The summed E-state index contributed by atoms with van der Waals surface area (Å²) in [5.41, 5.74) is 3.99. The van der Waals surface area contributed by atoms with E-state index in [0.29, 0.717) is 11.4 Å². The molecule has 162 valence electrons. The van der Waals surface area contributed by atoms with Gasteiger partial charge in [0.25, 0.3) is 0 Å². The van der Waals surface area contributed by atoms with Crippen LogP contribution in [0.4, 0.5) is 0 Å². The maximum atomic E-state index is 12.7. The standard InChI is InChI=1S/C25H24N4O3/c1-18-15-22(19(2)28(18)14-11-20-7-4-3-5-8-20)23(30)17-32-25(31)21-9-10-24(26-16-21)29-13-6-12-27-29/h3-10,12-13,15-16H,11,14,17H2,1-2H3.